The summed E-state index contributed by atoms with van der Waals surface area (Å²) in [6.07, 6.45) is 8.41. The van der Waals surface area contributed by atoms with Gasteiger partial charge >= 0.3 is 0 Å². The van der Waals surface area contributed by atoms with Crippen LogP contribution in [0.1, 0.15) is 25.7 Å². The molecule has 1 aliphatic rings. The fourth-order valence-corrected chi connectivity index (χ4v) is 2.53. The van der Waals surface area contributed by atoms with Crippen molar-refractivity contribution in [2.75, 3.05) is 12.4 Å². The molecule has 21 heavy (non-hydrogen) atoms. The molecular weight excluding hydrogens is 266 g/mol. The second-order valence-electron chi connectivity index (χ2n) is 5.09. The molecule has 0 bridgehead atoms. The zero-order chi connectivity index (χ0) is 14.5. The van der Waals surface area contributed by atoms with E-state index in [1.54, 1.807) is 25.6 Å². The third-order valence-electron chi connectivity index (χ3n) is 3.58. The van der Waals surface area contributed by atoms with Gasteiger partial charge in [-0.3, -0.25) is 0 Å². The number of hydrogen-bond acceptors (Lipinski definition) is 5. The highest BCUT2D eigenvalue weighted by Gasteiger charge is 2.18. The molecular formula is C16H19N3O2. The highest BCUT2D eigenvalue weighted by molar-refractivity contribution is 5.59. The molecule has 1 N–H and O–H groups in total. The van der Waals surface area contributed by atoms with Gasteiger partial charge in [0.05, 0.1) is 13.2 Å². The number of methoxy groups -OCH3 is 1. The minimum Gasteiger partial charge on any atom is -0.493 e. The first-order valence-electron chi connectivity index (χ1n) is 7.24. The van der Waals surface area contributed by atoms with Crippen LogP contribution in [0.25, 0.3) is 0 Å². The van der Waals surface area contributed by atoms with E-state index in [9.17, 15) is 0 Å². The van der Waals surface area contributed by atoms with Crippen molar-refractivity contribution in [3.05, 3.63) is 36.7 Å². The molecule has 5 heteroatoms. The van der Waals surface area contributed by atoms with Crippen molar-refractivity contribution in [3.63, 3.8) is 0 Å². The number of hydrogen-bond donors (Lipinski definition) is 1. The Hall–Kier alpha value is -2.30. The Morgan fingerprint density at radius 2 is 1.86 bits per heavy atom. The van der Waals surface area contributed by atoms with Crippen molar-refractivity contribution < 1.29 is 9.47 Å². The fourth-order valence-electron chi connectivity index (χ4n) is 2.53. The van der Waals surface area contributed by atoms with Gasteiger partial charge in [-0.15, -0.1) is 0 Å². The minimum atomic E-state index is 0.294. The number of anilines is 2. The van der Waals surface area contributed by atoms with E-state index in [0.29, 0.717) is 12.1 Å². The normalized spacial score (nSPS) is 14.9. The van der Waals surface area contributed by atoms with Crippen LogP contribution in [0.3, 0.4) is 0 Å². The topological polar surface area (TPSA) is 56.3 Å². The van der Waals surface area contributed by atoms with E-state index >= 15 is 0 Å². The Labute approximate surface area is 124 Å². The largest absolute Gasteiger partial charge is 0.493 e. The lowest BCUT2D eigenvalue weighted by Gasteiger charge is -2.17. The van der Waals surface area contributed by atoms with E-state index in [2.05, 4.69) is 15.3 Å². The molecule has 0 saturated heterocycles. The quantitative estimate of drug-likeness (QED) is 0.910. The number of rotatable bonds is 5. The number of nitrogens with one attached hydrogen (secondary N) is 1. The lowest BCUT2D eigenvalue weighted by atomic mass is 10.2. The molecule has 110 valence electrons. The Balaban J connectivity index is 1.78. The first-order chi connectivity index (χ1) is 10.3. The Kier molecular flexibility index (Phi) is 4.19. The highest BCUT2D eigenvalue weighted by Crippen LogP contribution is 2.34. The summed E-state index contributed by atoms with van der Waals surface area (Å²) in [7, 11) is 1.66. The molecule has 0 atom stereocenters. The van der Waals surface area contributed by atoms with Gasteiger partial charge in [-0.05, 0) is 43.9 Å². The predicted octanol–water partition coefficient (Wildman–Crippen LogP) is 3.55. The van der Waals surface area contributed by atoms with Gasteiger partial charge in [0.2, 0.25) is 5.95 Å². The van der Waals surface area contributed by atoms with Crippen LogP contribution in [-0.2, 0) is 0 Å². The van der Waals surface area contributed by atoms with Gasteiger partial charge in [-0.1, -0.05) is 0 Å². The van der Waals surface area contributed by atoms with Crippen molar-refractivity contribution >= 4 is 11.6 Å². The van der Waals surface area contributed by atoms with E-state index in [0.717, 1.165) is 30.0 Å². The zero-order valence-corrected chi connectivity index (χ0v) is 12.1. The summed E-state index contributed by atoms with van der Waals surface area (Å²) >= 11 is 0. The van der Waals surface area contributed by atoms with Gasteiger partial charge in [-0.2, -0.15) is 0 Å². The van der Waals surface area contributed by atoms with Crippen molar-refractivity contribution in [1.29, 1.82) is 0 Å². The number of ether oxygens (including phenoxy) is 2. The maximum atomic E-state index is 6.07. The average molecular weight is 285 g/mol. The fraction of sp³-hybridized carbons (Fsp3) is 0.375. The Morgan fingerprint density at radius 3 is 2.57 bits per heavy atom. The SMILES string of the molecule is COc1ccc(Nc2ncccn2)cc1OC1CCCC1. The minimum absolute atomic E-state index is 0.294. The van der Waals surface area contributed by atoms with Crippen molar-refractivity contribution in [2.45, 2.75) is 31.8 Å². The zero-order valence-electron chi connectivity index (χ0n) is 12.1. The number of nitrogens with zero attached hydrogens (tertiary/aromatic N) is 2. The molecule has 0 spiro atoms. The van der Waals surface area contributed by atoms with Crippen LogP contribution in [0.2, 0.25) is 0 Å². The van der Waals surface area contributed by atoms with Gasteiger partial charge in [0.25, 0.3) is 0 Å². The molecule has 1 aromatic heterocycles. The lowest BCUT2D eigenvalue weighted by molar-refractivity contribution is 0.201. The molecule has 1 fully saturated rings. The third kappa shape index (κ3) is 3.42. The smallest absolute Gasteiger partial charge is 0.227 e. The molecule has 0 amide bonds. The lowest BCUT2D eigenvalue weighted by Crippen LogP contribution is -2.11. The summed E-state index contributed by atoms with van der Waals surface area (Å²) in [5, 5.41) is 3.16. The van der Waals surface area contributed by atoms with Gasteiger partial charge in [0, 0.05) is 24.1 Å². The second kappa shape index (κ2) is 6.43. The van der Waals surface area contributed by atoms with Crippen molar-refractivity contribution in [3.8, 4) is 11.5 Å². The molecule has 1 saturated carbocycles. The van der Waals surface area contributed by atoms with Crippen LogP contribution >= 0.6 is 0 Å². The van der Waals surface area contributed by atoms with E-state index in [1.165, 1.54) is 12.8 Å². The molecule has 3 rings (SSSR count). The van der Waals surface area contributed by atoms with Crippen LogP contribution in [0, 0.1) is 0 Å². The van der Waals surface area contributed by atoms with Crippen molar-refractivity contribution in [1.82, 2.24) is 9.97 Å². The van der Waals surface area contributed by atoms with Crippen molar-refractivity contribution in [2.24, 2.45) is 0 Å². The van der Waals surface area contributed by atoms with Crippen LogP contribution in [0.4, 0.5) is 11.6 Å². The van der Waals surface area contributed by atoms with Gasteiger partial charge < -0.3 is 14.8 Å². The van der Waals surface area contributed by atoms with E-state index in [-0.39, 0.29) is 0 Å². The number of benzene rings is 1. The molecule has 5 nitrogen and oxygen atoms in total. The summed E-state index contributed by atoms with van der Waals surface area (Å²) < 4.78 is 11.4. The van der Waals surface area contributed by atoms with E-state index in [4.69, 9.17) is 9.47 Å². The summed E-state index contributed by atoms with van der Waals surface area (Å²) in [4.78, 5) is 8.31. The number of aromatic nitrogens is 2. The molecule has 1 aliphatic carbocycles. The summed E-state index contributed by atoms with van der Waals surface area (Å²) in [5.74, 6) is 2.08. The molecule has 1 aromatic carbocycles. The maximum absolute atomic E-state index is 6.07. The molecule has 0 radical (unpaired) electrons. The average Bonchev–Trinajstić information content (AvgIpc) is 3.02. The van der Waals surface area contributed by atoms with E-state index < -0.39 is 0 Å². The van der Waals surface area contributed by atoms with Crippen LogP contribution in [0.15, 0.2) is 36.7 Å². The van der Waals surface area contributed by atoms with E-state index in [1.807, 2.05) is 18.2 Å². The predicted molar refractivity (Wildman–Crippen MR) is 81.2 cm³/mol. The first-order valence-corrected chi connectivity index (χ1v) is 7.24. The molecule has 0 unspecified atom stereocenters. The van der Waals surface area contributed by atoms with Gasteiger partial charge in [0.1, 0.15) is 0 Å². The summed E-state index contributed by atoms with van der Waals surface area (Å²) in [6, 6.07) is 7.55. The van der Waals surface area contributed by atoms with Crippen LogP contribution in [-0.4, -0.2) is 23.2 Å². The molecule has 0 aliphatic heterocycles. The third-order valence-corrected chi connectivity index (χ3v) is 3.58. The summed E-state index contributed by atoms with van der Waals surface area (Å²) in [5.41, 5.74) is 0.884. The standard InChI is InChI=1S/C16H19N3O2/c1-20-14-8-7-12(19-16-17-9-4-10-18-16)11-15(14)21-13-5-2-3-6-13/h4,7-11,13H,2-3,5-6H2,1H3,(H,17,18,19). The monoisotopic (exact) mass is 285 g/mol. The summed E-state index contributed by atoms with van der Waals surface area (Å²) in [6.45, 7) is 0. The Bertz CT molecular complexity index is 583. The second-order valence-corrected chi connectivity index (χ2v) is 5.09. The molecule has 2 aromatic rings. The van der Waals surface area contributed by atoms with Crippen LogP contribution < -0.4 is 14.8 Å². The maximum Gasteiger partial charge on any atom is 0.227 e. The first kappa shape index (κ1) is 13.7. The highest BCUT2D eigenvalue weighted by atomic mass is 16.5. The molecule has 1 heterocycles. The van der Waals surface area contributed by atoms with Gasteiger partial charge in [0.15, 0.2) is 11.5 Å². The Morgan fingerprint density at radius 1 is 1.10 bits per heavy atom. The van der Waals surface area contributed by atoms with Gasteiger partial charge in [-0.25, -0.2) is 9.97 Å². The van der Waals surface area contributed by atoms with Crippen LogP contribution in [0.5, 0.6) is 11.5 Å².